The Morgan fingerprint density at radius 2 is 1.00 bits per heavy atom. The molecule has 0 radical (unpaired) electrons. The van der Waals surface area contributed by atoms with E-state index in [9.17, 15) is 106 Å². The molecule has 0 aromatic carbocycles. The van der Waals surface area contributed by atoms with Crippen molar-refractivity contribution < 1.29 is 163 Å². The third-order valence-corrected chi connectivity index (χ3v) is 15.2. The van der Waals surface area contributed by atoms with Crippen LogP contribution in [0.1, 0.15) is 41.0 Å². The topological polar surface area (TPSA) is 568 Å². The van der Waals surface area contributed by atoms with E-state index >= 15 is 0 Å². The van der Waals surface area contributed by atoms with E-state index in [-0.39, 0.29) is 0 Å². The van der Waals surface area contributed by atoms with Gasteiger partial charge in [-0.25, -0.2) is 4.79 Å². The van der Waals surface area contributed by atoms with Gasteiger partial charge in [-0.05, 0) is 6.92 Å². The van der Waals surface area contributed by atoms with Gasteiger partial charge in [-0.1, -0.05) is 0 Å². The number of ether oxygens (including phenoxy) is 12. The lowest BCUT2D eigenvalue weighted by Crippen LogP contribution is -2.71. The Balaban J connectivity index is 1.33. The molecule has 0 unspecified atom stereocenters. The average molecular weight is 1240 g/mol. The summed E-state index contributed by atoms with van der Waals surface area (Å²) < 4.78 is 71.2. The molecule has 0 bridgehead atoms. The highest BCUT2D eigenvalue weighted by Gasteiger charge is 2.61. The molecule has 37 nitrogen and oxygen atoms in total. The lowest BCUT2D eigenvalue weighted by Gasteiger charge is -2.51. The first kappa shape index (κ1) is 70.4. The van der Waals surface area contributed by atoms with Gasteiger partial charge in [-0.2, -0.15) is 0 Å². The van der Waals surface area contributed by atoms with Gasteiger partial charge in [-0.3, -0.25) is 19.2 Å². The number of nitrogens with one attached hydrogen (secondary N) is 4. The summed E-state index contributed by atoms with van der Waals surface area (Å²) in [5.74, 6) is -8.51. The molecule has 0 aromatic rings. The van der Waals surface area contributed by atoms with Crippen LogP contribution in [0.15, 0.2) is 0 Å². The number of carbonyl (C=O) groups is 5. The van der Waals surface area contributed by atoms with Gasteiger partial charge in [0.15, 0.2) is 31.5 Å². The molecule has 6 saturated heterocycles. The van der Waals surface area contributed by atoms with Crippen LogP contribution in [0.3, 0.4) is 0 Å². The summed E-state index contributed by atoms with van der Waals surface area (Å²) in [4.78, 5) is 63.5. The molecular formula is C48H80N4O33. The molecule has 0 spiro atoms. The number of carboxylic acids is 1. The molecule has 6 aliphatic rings. The molecule has 490 valence electrons. The molecule has 0 aromatic heterocycles. The van der Waals surface area contributed by atoms with Gasteiger partial charge in [0.2, 0.25) is 23.6 Å². The van der Waals surface area contributed by atoms with Crippen molar-refractivity contribution >= 4 is 29.6 Å². The van der Waals surface area contributed by atoms with Gasteiger partial charge >= 0.3 is 5.97 Å². The second kappa shape index (κ2) is 30.2. The van der Waals surface area contributed by atoms with Crippen molar-refractivity contribution in [3.05, 3.63) is 0 Å². The molecule has 20 N–H and O–H groups in total. The van der Waals surface area contributed by atoms with Crippen LogP contribution in [-0.2, 0) is 80.8 Å². The van der Waals surface area contributed by atoms with Crippen LogP contribution in [0.25, 0.3) is 0 Å². The Morgan fingerprint density at radius 1 is 0.518 bits per heavy atom. The number of aliphatic hydroxyl groups excluding tert-OH is 15. The van der Waals surface area contributed by atoms with Crippen molar-refractivity contribution in [3.63, 3.8) is 0 Å². The second-order valence-corrected chi connectivity index (χ2v) is 21.4. The highest BCUT2D eigenvalue weighted by atomic mass is 16.8. The van der Waals surface area contributed by atoms with Gasteiger partial charge in [-0.15, -0.1) is 0 Å². The van der Waals surface area contributed by atoms with Crippen molar-refractivity contribution in [2.75, 3.05) is 40.1 Å². The van der Waals surface area contributed by atoms with Gasteiger partial charge in [0.25, 0.3) is 5.79 Å². The Labute approximate surface area is 483 Å². The zero-order chi connectivity index (χ0) is 63.3. The number of methoxy groups -OCH3 is 1. The van der Waals surface area contributed by atoms with Gasteiger partial charge in [0.05, 0.1) is 51.3 Å². The molecule has 6 aliphatic heterocycles. The van der Waals surface area contributed by atoms with Gasteiger partial charge in [0, 0.05) is 41.2 Å². The van der Waals surface area contributed by atoms with E-state index in [0.717, 1.165) is 34.8 Å². The van der Waals surface area contributed by atoms with E-state index in [0.29, 0.717) is 0 Å². The van der Waals surface area contributed by atoms with Crippen molar-refractivity contribution in [2.45, 2.75) is 231 Å². The summed E-state index contributed by atoms with van der Waals surface area (Å²) in [6.07, 6.45) is -51.0. The number of aliphatic carboxylic acids is 1. The predicted octanol–water partition coefficient (Wildman–Crippen LogP) is -12.6. The molecule has 31 atom stereocenters. The first-order chi connectivity index (χ1) is 40.0. The third-order valence-electron chi connectivity index (χ3n) is 15.2. The number of carbonyl (C=O) groups excluding carboxylic acids is 4. The first-order valence-electron chi connectivity index (χ1n) is 27.0. The fourth-order valence-electron chi connectivity index (χ4n) is 10.9. The smallest absolute Gasteiger partial charge is 0.364 e. The molecular weight excluding hydrogens is 1160 g/mol. The fourth-order valence-corrected chi connectivity index (χ4v) is 10.9. The highest BCUT2D eigenvalue weighted by Crippen LogP contribution is 2.40. The Hall–Kier alpha value is -3.73. The molecule has 37 heteroatoms. The predicted molar refractivity (Wildman–Crippen MR) is 266 cm³/mol. The number of amides is 4. The largest absolute Gasteiger partial charge is 0.477 e. The molecule has 0 aliphatic carbocycles. The van der Waals surface area contributed by atoms with Gasteiger partial charge < -0.3 is 160 Å². The van der Waals surface area contributed by atoms with Crippen LogP contribution < -0.4 is 21.3 Å². The van der Waals surface area contributed by atoms with Crippen molar-refractivity contribution in [1.82, 2.24) is 21.3 Å². The van der Waals surface area contributed by atoms with Crippen LogP contribution >= 0.6 is 0 Å². The lowest BCUT2D eigenvalue weighted by molar-refractivity contribution is -0.382. The van der Waals surface area contributed by atoms with Crippen molar-refractivity contribution in [1.29, 1.82) is 0 Å². The average Bonchev–Trinajstić information content (AvgIpc) is 1.23. The summed E-state index contributed by atoms with van der Waals surface area (Å²) in [5, 5.41) is 184. The monoisotopic (exact) mass is 1240 g/mol. The summed E-state index contributed by atoms with van der Waals surface area (Å²) in [5.41, 5.74) is 0. The summed E-state index contributed by atoms with van der Waals surface area (Å²) in [7, 11) is 1.09. The Bertz CT molecular complexity index is 2220. The van der Waals surface area contributed by atoms with Crippen molar-refractivity contribution in [2.24, 2.45) is 0 Å². The number of rotatable bonds is 23. The van der Waals surface area contributed by atoms with E-state index in [4.69, 9.17) is 56.8 Å². The SMILES string of the molecule is CO[C@H]1O[C@H](CO[C@@H]2O[C@H](CO)[C@@H](O[C@@H]3O[C@H](CO)[C@H](O)[C@H](O)[C@H]3NC(C)=O)[C@H](O[C@@H]3O[C@@H](C)[C@@H](O)[C@@H](O)[C@@H]3O)[C@H]2NC(C)=O)[C@H](O)[C@H](O[C@@H]2O[C@H](CO)[C@H](O)[C@H](O[C@@]3(C(=O)O)C[C@@H](O)[C@H](NC(C)=O)[C@@H]([C@H](O)[C@H](O)CO)O3)[C@H]2O)[C@H]1NC(C)=O. The number of hydrogen-bond donors (Lipinski definition) is 20. The molecule has 0 saturated carbocycles. The lowest BCUT2D eigenvalue weighted by atomic mass is 9.88. The van der Waals surface area contributed by atoms with E-state index < -0.39 is 259 Å². The van der Waals surface area contributed by atoms with E-state index in [1.54, 1.807) is 0 Å². The maximum atomic E-state index is 13.2. The normalized spacial score (nSPS) is 45.0. The molecule has 85 heavy (non-hydrogen) atoms. The number of aliphatic hydroxyl groups is 15. The standard InChI is InChI=1S/C48H80N4O33/c1-13-28(63)34(69)35(70)45(76-13)83-40-27(52-17(5)60)43(79-22(11-56)37(40)81-44-25(50-15(3)58)33(68)30(65)20(9-54)77-44)75-12-23-32(67)38(26(51-16(4)59)42(74-6)80-23)82-46-36(71)41(31(66)21(10-55)78-46)85-48(47(72)73)7-18(61)24(49-14(2)57)39(84-48)29(64)19(62)8-53/h13,18-46,53-56,61-71H,7-12H2,1-6H3,(H,49,57)(H,50,58)(H,51,59)(H,52,60)(H,72,73)/t13-,18+,19+,20+,21+,22+,23+,24-,25+,26+,27+,28+,29+,30-,31-,32-,33+,34+,35-,36+,37+,38+,39-,40+,41-,42-,43+,44-,45-,46-,48+/m0/s1. The van der Waals surface area contributed by atoms with Crippen LogP contribution in [0.2, 0.25) is 0 Å². The Kier molecular flexibility index (Phi) is 25.0. The minimum atomic E-state index is -3.20. The second-order valence-electron chi connectivity index (χ2n) is 21.4. The minimum Gasteiger partial charge on any atom is -0.477 e. The van der Waals surface area contributed by atoms with Crippen LogP contribution in [0.5, 0.6) is 0 Å². The van der Waals surface area contributed by atoms with Crippen molar-refractivity contribution in [3.8, 4) is 0 Å². The zero-order valence-corrected chi connectivity index (χ0v) is 46.7. The van der Waals surface area contributed by atoms with E-state index in [1.165, 1.54) is 6.92 Å². The summed E-state index contributed by atoms with van der Waals surface area (Å²) in [6, 6.07) is -6.62. The third kappa shape index (κ3) is 15.8. The molecule has 6 fully saturated rings. The first-order valence-corrected chi connectivity index (χ1v) is 27.0. The van der Waals surface area contributed by atoms with E-state index in [1.807, 2.05) is 0 Å². The summed E-state index contributed by atoms with van der Waals surface area (Å²) in [6.45, 7) is 0.334. The molecule has 6 rings (SSSR count). The van der Waals surface area contributed by atoms with Gasteiger partial charge in [0.1, 0.15) is 134 Å². The maximum Gasteiger partial charge on any atom is 0.364 e. The zero-order valence-electron chi connectivity index (χ0n) is 46.7. The maximum absolute atomic E-state index is 13.2. The van der Waals surface area contributed by atoms with Crippen LogP contribution in [-0.4, -0.2) is 341 Å². The Morgan fingerprint density at radius 3 is 1.55 bits per heavy atom. The minimum absolute atomic E-state index is 0.770. The number of hydrogen-bond acceptors (Lipinski definition) is 32. The fraction of sp³-hybridized carbons (Fsp3) is 0.896. The van der Waals surface area contributed by atoms with E-state index in [2.05, 4.69) is 21.3 Å². The van der Waals surface area contributed by atoms with Crippen LogP contribution in [0, 0.1) is 0 Å². The quantitative estimate of drug-likeness (QED) is 0.0452. The van der Waals surface area contributed by atoms with Crippen LogP contribution in [0.4, 0.5) is 0 Å². The summed E-state index contributed by atoms with van der Waals surface area (Å²) >= 11 is 0. The number of carboxylic acid groups (broad SMARTS) is 1. The molecule has 6 heterocycles. The molecule has 4 amide bonds. The highest BCUT2D eigenvalue weighted by molar-refractivity contribution is 5.77.